The highest BCUT2D eigenvalue weighted by molar-refractivity contribution is 7.25. The van der Waals surface area contributed by atoms with Crippen LogP contribution >= 0.6 is 11.3 Å². The van der Waals surface area contributed by atoms with E-state index in [9.17, 15) is 0 Å². The molecule has 5 heteroatoms. The Morgan fingerprint density at radius 2 is 1.00 bits per heavy atom. The Kier molecular flexibility index (Phi) is 6.57. The zero-order valence-corrected chi connectivity index (χ0v) is 31.8. The lowest BCUT2D eigenvalue weighted by Gasteiger charge is -2.26. The molecule has 13 aromatic rings. The van der Waals surface area contributed by atoms with Crippen molar-refractivity contribution in [3.63, 3.8) is 0 Å². The van der Waals surface area contributed by atoms with E-state index in [1.807, 2.05) is 23.5 Å². The summed E-state index contributed by atoms with van der Waals surface area (Å²) in [5.41, 5.74) is 7.52. The Labute approximate surface area is 335 Å². The van der Waals surface area contributed by atoms with Crippen LogP contribution < -0.4 is 4.90 Å². The molecule has 0 bridgehead atoms. The average Bonchev–Trinajstić information content (AvgIpc) is 3.99. The molecule has 3 heterocycles. The molecule has 58 heavy (non-hydrogen) atoms. The van der Waals surface area contributed by atoms with Crippen molar-refractivity contribution in [2.45, 2.75) is 0 Å². The van der Waals surface area contributed by atoms with E-state index in [0.29, 0.717) is 5.89 Å². The summed E-state index contributed by atoms with van der Waals surface area (Å²) in [4.78, 5) is 7.46. The lowest BCUT2D eigenvalue weighted by molar-refractivity contribution is 0.623. The van der Waals surface area contributed by atoms with Gasteiger partial charge in [-0.15, -0.1) is 11.3 Å². The van der Waals surface area contributed by atoms with Gasteiger partial charge in [0.25, 0.3) is 0 Å². The van der Waals surface area contributed by atoms with Crippen molar-refractivity contribution in [3.8, 4) is 11.5 Å². The van der Waals surface area contributed by atoms with Crippen molar-refractivity contribution in [1.82, 2.24) is 4.98 Å². The van der Waals surface area contributed by atoms with Gasteiger partial charge >= 0.3 is 0 Å². The average molecular weight is 759 g/mol. The summed E-state index contributed by atoms with van der Waals surface area (Å²) in [6.07, 6.45) is 0. The SMILES string of the molecule is c1ccc2c(c1)ccc1ccc(-c3nc4ccc5ccc6ccc(N(c7ccc8oc9ccccc9c8c7)c7ccc8sc9ccccc9c8c7)cc6c5c4o3)cc12. The van der Waals surface area contributed by atoms with Gasteiger partial charge in [-0.3, -0.25) is 0 Å². The van der Waals surface area contributed by atoms with Gasteiger partial charge in [-0.25, -0.2) is 4.98 Å². The number of hydrogen-bond acceptors (Lipinski definition) is 5. The van der Waals surface area contributed by atoms with E-state index in [4.69, 9.17) is 13.8 Å². The molecule has 270 valence electrons. The van der Waals surface area contributed by atoms with Gasteiger partial charge in [0.05, 0.1) is 0 Å². The molecule has 0 unspecified atom stereocenters. The van der Waals surface area contributed by atoms with Gasteiger partial charge in [0, 0.05) is 59.0 Å². The number of fused-ring (bicyclic) bond motifs is 14. The van der Waals surface area contributed by atoms with Crippen LogP contribution in [0.3, 0.4) is 0 Å². The predicted octanol–water partition coefficient (Wildman–Crippen LogP) is 15.8. The summed E-state index contributed by atoms with van der Waals surface area (Å²) in [5, 5.41) is 13.9. The number of rotatable bonds is 4. The van der Waals surface area contributed by atoms with Gasteiger partial charge in [-0.1, -0.05) is 103 Å². The molecule has 0 amide bonds. The monoisotopic (exact) mass is 758 g/mol. The molecule has 0 aliphatic carbocycles. The molecule has 10 aromatic carbocycles. The molecule has 0 atom stereocenters. The molecule has 0 fully saturated rings. The topological polar surface area (TPSA) is 42.4 Å². The van der Waals surface area contributed by atoms with Gasteiger partial charge < -0.3 is 13.7 Å². The maximum Gasteiger partial charge on any atom is 0.227 e. The van der Waals surface area contributed by atoms with Crippen LogP contribution in [0.5, 0.6) is 0 Å². The van der Waals surface area contributed by atoms with Crippen LogP contribution in [0.15, 0.2) is 191 Å². The molecule has 0 spiro atoms. The molecule has 13 rings (SSSR count). The van der Waals surface area contributed by atoms with Crippen molar-refractivity contribution in [2.24, 2.45) is 0 Å². The zero-order valence-electron chi connectivity index (χ0n) is 30.9. The smallest absolute Gasteiger partial charge is 0.227 e. The van der Waals surface area contributed by atoms with Gasteiger partial charge in [-0.2, -0.15) is 0 Å². The maximum absolute atomic E-state index is 6.83. The third-order valence-electron chi connectivity index (χ3n) is 11.8. The van der Waals surface area contributed by atoms with Crippen molar-refractivity contribution in [2.75, 3.05) is 4.90 Å². The second kappa shape index (κ2) is 12.0. The Balaban J connectivity index is 1.03. The van der Waals surface area contributed by atoms with Gasteiger partial charge in [0.2, 0.25) is 5.89 Å². The number of aromatic nitrogens is 1. The van der Waals surface area contributed by atoms with Crippen LogP contribution in [0, 0.1) is 0 Å². The summed E-state index contributed by atoms with van der Waals surface area (Å²) < 4.78 is 15.7. The predicted molar refractivity (Wildman–Crippen MR) is 244 cm³/mol. The third-order valence-corrected chi connectivity index (χ3v) is 13.0. The number of para-hydroxylation sites is 1. The number of furan rings is 1. The lowest BCUT2D eigenvalue weighted by atomic mass is 10.00. The Hall–Kier alpha value is -7.47. The van der Waals surface area contributed by atoms with Crippen LogP contribution in [0.4, 0.5) is 17.1 Å². The van der Waals surface area contributed by atoms with Gasteiger partial charge in [0.1, 0.15) is 16.7 Å². The highest BCUT2D eigenvalue weighted by atomic mass is 32.1. The van der Waals surface area contributed by atoms with Crippen LogP contribution in [0.2, 0.25) is 0 Å². The number of benzene rings is 10. The molecule has 0 aliphatic heterocycles. The standard InChI is InChI=1S/C53H30N2O2S/c1-2-8-39-31(7-1)13-14-32-16-18-35(27-42(32)39)53-54-46-24-20-34-17-15-33-19-21-36(28-43(33)51(34)52(46)57-53)55(37-22-25-48-44(29-37)40-9-3-5-11-47(40)56-48)38-23-26-50-45(30-38)41-10-4-6-12-49(41)58-50/h1-30H. The normalized spacial score (nSPS) is 12.1. The van der Waals surface area contributed by atoms with E-state index in [1.54, 1.807) is 0 Å². The number of oxazole rings is 1. The van der Waals surface area contributed by atoms with Crippen molar-refractivity contribution in [3.05, 3.63) is 182 Å². The molecule has 0 N–H and O–H groups in total. The molecule has 0 aliphatic rings. The quantitative estimate of drug-likeness (QED) is 0.168. The minimum absolute atomic E-state index is 0.615. The summed E-state index contributed by atoms with van der Waals surface area (Å²) in [7, 11) is 0. The van der Waals surface area contributed by atoms with Crippen molar-refractivity contribution < 1.29 is 8.83 Å². The number of thiophene rings is 1. The molecule has 3 aromatic heterocycles. The van der Waals surface area contributed by atoms with Crippen molar-refractivity contribution >= 4 is 125 Å². The molecular formula is C53H30N2O2S. The second-order valence-electron chi connectivity index (χ2n) is 15.1. The summed E-state index contributed by atoms with van der Waals surface area (Å²) in [5.74, 6) is 0.615. The summed E-state index contributed by atoms with van der Waals surface area (Å²) >= 11 is 1.84. The van der Waals surface area contributed by atoms with E-state index in [0.717, 1.165) is 77.2 Å². The third kappa shape index (κ3) is 4.71. The highest BCUT2D eigenvalue weighted by Gasteiger charge is 2.20. The summed E-state index contributed by atoms with van der Waals surface area (Å²) in [6.45, 7) is 0. The molecule has 0 saturated carbocycles. The minimum atomic E-state index is 0.615. The lowest BCUT2D eigenvalue weighted by Crippen LogP contribution is -2.09. The zero-order chi connectivity index (χ0) is 37.9. The maximum atomic E-state index is 6.83. The van der Waals surface area contributed by atoms with Crippen LogP contribution in [0.25, 0.3) is 108 Å². The Morgan fingerprint density at radius 1 is 0.397 bits per heavy atom. The van der Waals surface area contributed by atoms with E-state index < -0.39 is 0 Å². The van der Waals surface area contributed by atoms with E-state index in [-0.39, 0.29) is 0 Å². The van der Waals surface area contributed by atoms with Gasteiger partial charge in [-0.05, 0) is 117 Å². The van der Waals surface area contributed by atoms with Crippen LogP contribution in [0.1, 0.15) is 0 Å². The second-order valence-corrected chi connectivity index (χ2v) is 16.2. The fraction of sp³-hybridized carbons (Fsp3) is 0. The van der Waals surface area contributed by atoms with E-state index in [1.165, 1.54) is 41.7 Å². The first-order chi connectivity index (χ1) is 28.7. The number of nitrogens with zero attached hydrogens (tertiary/aromatic N) is 2. The first-order valence-corrected chi connectivity index (χ1v) is 20.3. The van der Waals surface area contributed by atoms with E-state index >= 15 is 0 Å². The molecular weight excluding hydrogens is 729 g/mol. The van der Waals surface area contributed by atoms with Crippen LogP contribution in [-0.4, -0.2) is 4.98 Å². The van der Waals surface area contributed by atoms with Crippen LogP contribution in [-0.2, 0) is 0 Å². The molecule has 0 radical (unpaired) electrons. The molecule has 4 nitrogen and oxygen atoms in total. The Morgan fingerprint density at radius 3 is 1.90 bits per heavy atom. The number of hydrogen-bond donors (Lipinski definition) is 0. The van der Waals surface area contributed by atoms with E-state index in [2.05, 4.69) is 175 Å². The minimum Gasteiger partial charge on any atom is -0.456 e. The fourth-order valence-electron chi connectivity index (χ4n) is 9.06. The fourth-order valence-corrected chi connectivity index (χ4v) is 10.1. The largest absolute Gasteiger partial charge is 0.456 e. The summed E-state index contributed by atoms with van der Waals surface area (Å²) in [6, 6.07) is 65.1. The first-order valence-electron chi connectivity index (χ1n) is 19.5. The number of anilines is 3. The highest BCUT2D eigenvalue weighted by Crippen LogP contribution is 2.44. The van der Waals surface area contributed by atoms with Gasteiger partial charge in [0.15, 0.2) is 5.58 Å². The Bertz CT molecular complexity index is 3720. The van der Waals surface area contributed by atoms with Crippen molar-refractivity contribution in [1.29, 1.82) is 0 Å². The molecule has 0 saturated heterocycles. The first kappa shape index (κ1) is 31.7.